The molecule has 0 unspecified atom stereocenters. The molecule has 6 aromatic carbocycles. The maximum Gasteiger partial charge on any atom is 0.182 e. The van der Waals surface area contributed by atoms with Crippen LogP contribution in [-0.2, 0) is 10.8 Å². The lowest BCUT2D eigenvalue weighted by atomic mass is 9.83. The maximum absolute atomic E-state index is 5.41. The highest BCUT2D eigenvalue weighted by Crippen LogP contribution is 2.45. The summed E-state index contributed by atoms with van der Waals surface area (Å²) in [5.74, 6) is 2.45. The van der Waals surface area contributed by atoms with Crippen molar-refractivity contribution in [3.05, 3.63) is 163 Å². The van der Waals surface area contributed by atoms with Crippen LogP contribution in [0.15, 0.2) is 152 Å². The minimum Gasteiger partial charge on any atom is -0.353 e. The van der Waals surface area contributed by atoms with Gasteiger partial charge < -0.3 is 4.98 Å². The molecule has 0 saturated carbocycles. The molecule has 9 aromatic rings. The summed E-state index contributed by atoms with van der Waals surface area (Å²) in [5.41, 5.74) is 13.3. The van der Waals surface area contributed by atoms with Gasteiger partial charge >= 0.3 is 0 Å². The van der Waals surface area contributed by atoms with Gasteiger partial charge in [0.25, 0.3) is 0 Å². The third-order valence-corrected chi connectivity index (χ3v) is 11.3. The number of fused-ring (bicyclic) bond motifs is 10. The third kappa shape index (κ3) is 6.13. The normalized spacial score (nSPS) is 12.6. The Morgan fingerprint density at radius 3 is 1.71 bits per heavy atom. The van der Waals surface area contributed by atoms with Crippen LogP contribution in [0.3, 0.4) is 0 Å². The highest BCUT2D eigenvalue weighted by Gasteiger charge is 2.27. The van der Waals surface area contributed by atoms with Crippen LogP contribution in [0.5, 0.6) is 0 Å². The van der Waals surface area contributed by atoms with E-state index >= 15 is 0 Å². The average Bonchev–Trinajstić information content (AvgIpc) is 3.62. The topological polar surface area (TPSA) is 70.6 Å². The fraction of sp³-hybridized carbons (Fsp3) is 0.154. The molecular weight excluding hydrogens is 709 g/mol. The number of nitrogens with one attached hydrogen (secondary N) is 1. The fourth-order valence-corrected chi connectivity index (χ4v) is 8.11. The largest absolute Gasteiger partial charge is 0.353 e. The molecule has 0 fully saturated rings. The van der Waals surface area contributed by atoms with Gasteiger partial charge in [0.15, 0.2) is 17.5 Å². The molecule has 4 heterocycles. The van der Waals surface area contributed by atoms with E-state index in [2.05, 4.69) is 179 Å². The molecule has 8 bridgehead atoms. The fourth-order valence-electron chi connectivity index (χ4n) is 8.11. The molecular formula is C52H44N6. The Morgan fingerprint density at radius 2 is 1.00 bits per heavy atom. The second-order valence-corrected chi connectivity index (χ2v) is 17.3. The van der Waals surface area contributed by atoms with Gasteiger partial charge in [-0.25, -0.2) is 19.9 Å². The average molecular weight is 753 g/mol. The number of aromatic nitrogens is 5. The van der Waals surface area contributed by atoms with Gasteiger partial charge in [0.2, 0.25) is 0 Å². The molecule has 0 saturated heterocycles. The molecule has 282 valence electrons. The molecule has 0 atom stereocenters. The van der Waals surface area contributed by atoms with Crippen molar-refractivity contribution in [2.75, 3.05) is 4.90 Å². The van der Waals surface area contributed by atoms with Crippen molar-refractivity contribution < 1.29 is 0 Å². The summed E-state index contributed by atoms with van der Waals surface area (Å²) < 4.78 is 0. The van der Waals surface area contributed by atoms with Crippen LogP contribution in [0.25, 0.3) is 78.4 Å². The number of pyridine rings is 1. The number of benzene rings is 6. The van der Waals surface area contributed by atoms with Crippen molar-refractivity contribution in [3.8, 4) is 56.5 Å². The number of H-pyrrole nitrogens is 1. The molecule has 0 amide bonds. The van der Waals surface area contributed by atoms with Gasteiger partial charge in [0, 0.05) is 38.7 Å². The van der Waals surface area contributed by atoms with E-state index in [1.54, 1.807) is 0 Å². The molecule has 3 aromatic heterocycles. The van der Waals surface area contributed by atoms with E-state index in [1.165, 1.54) is 16.5 Å². The lowest BCUT2D eigenvalue weighted by Crippen LogP contribution is -2.14. The van der Waals surface area contributed by atoms with E-state index in [0.717, 1.165) is 67.0 Å². The second kappa shape index (κ2) is 13.3. The number of hydrogen-bond acceptors (Lipinski definition) is 5. The highest BCUT2D eigenvalue weighted by atomic mass is 15.2. The van der Waals surface area contributed by atoms with E-state index in [4.69, 9.17) is 19.9 Å². The molecule has 0 radical (unpaired) electrons. The van der Waals surface area contributed by atoms with Gasteiger partial charge in [0.05, 0.1) is 16.7 Å². The standard InChI is InChI=1S/C52H44N6/c1-51(2,3)35-28-39-34-21-15-22-37(27-34)58(44-25-14-13-23-38(44)32-17-9-7-10-18-32)45-26-16-24-43(53-45)50-56-48(33-19-11-8-12-20-33)55-49(57-50)42-31-36(52(4,5)6)30-41-40(29-35)46(39)54-47(41)42/h7-31,54H,1-6H3. The predicted molar refractivity (Wildman–Crippen MR) is 240 cm³/mol. The molecule has 0 aliphatic carbocycles. The summed E-state index contributed by atoms with van der Waals surface area (Å²) in [4.78, 5) is 27.3. The molecule has 6 heteroatoms. The monoisotopic (exact) mass is 752 g/mol. The smallest absolute Gasteiger partial charge is 0.182 e. The Kier molecular flexibility index (Phi) is 8.17. The number of aromatic amines is 1. The summed E-state index contributed by atoms with van der Waals surface area (Å²) in [6, 6.07) is 53.6. The van der Waals surface area contributed by atoms with Crippen LogP contribution in [0.2, 0.25) is 0 Å². The van der Waals surface area contributed by atoms with Crippen molar-refractivity contribution in [2.24, 2.45) is 0 Å². The van der Waals surface area contributed by atoms with E-state index in [0.29, 0.717) is 23.2 Å². The number of nitrogens with zero attached hydrogens (tertiary/aromatic N) is 5. The van der Waals surface area contributed by atoms with Gasteiger partial charge in [-0.15, -0.1) is 0 Å². The molecule has 0 spiro atoms. The van der Waals surface area contributed by atoms with Crippen molar-refractivity contribution in [3.63, 3.8) is 0 Å². The van der Waals surface area contributed by atoms with Crippen LogP contribution >= 0.6 is 0 Å². The summed E-state index contributed by atoms with van der Waals surface area (Å²) in [7, 11) is 0. The predicted octanol–water partition coefficient (Wildman–Crippen LogP) is 13.6. The van der Waals surface area contributed by atoms with Crippen molar-refractivity contribution >= 4 is 39.0 Å². The zero-order chi connectivity index (χ0) is 39.8. The summed E-state index contributed by atoms with van der Waals surface area (Å²) in [6.07, 6.45) is 0. The first kappa shape index (κ1) is 35.5. The first-order valence-corrected chi connectivity index (χ1v) is 20.0. The molecule has 1 aliphatic rings. The molecule has 6 nitrogen and oxygen atoms in total. The quantitative estimate of drug-likeness (QED) is 0.195. The summed E-state index contributed by atoms with van der Waals surface area (Å²) in [5, 5.41) is 2.33. The second-order valence-electron chi connectivity index (χ2n) is 17.3. The minimum absolute atomic E-state index is 0.103. The Labute approximate surface area is 339 Å². The van der Waals surface area contributed by atoms with Crippen LogP contribution in [-0.4, -0.2) is 24.9 Å². The summed E-state index contributed by atoms with van der Waals surface area (Å²) in [6.45, 7) is 13.7. The number of rotatable bonds is 3. The van der Waals surface area contributed by atoms with Gasteiger partial charge in [-0.05, 0) is 87.7 Å². The lowest BCUT2D eigenvalue weighted by molar-refractivity contribution is 0.590. The third-order valence-electron chi connectivity index (χ3n) is 11.3. The van der Waals surface area contributed by atoms with Crippen molar-refractivity contribution in [1.29, 1.82) is 0 Å². The van der Waals surface area contributed by atoms with Crippen molar-refractivity contribution in [2.45, 2.75) is 52.4 Å². The molecule has 1 aliphatic heterocycles. The van der Waals surface area contributed by atoms with E-state index in [-0.39, 0.29) is 10.8 Å². The maximum atomic E-state index is 5.41. The van der Waals surface area contributed by atoms with E-state index in [1.807, 2.05) is 24.3 Å². The number of hydrogen-bond donors (Lipinski definition) is 1. The van der Waals surface area contributed by atoms with Crippen LogP contribution in [0.4, 0.5) is 17.2 Å². The zero-order valence-electron chi connectivity index (χ0n) is 33.7. The molecule has 1 N–H and O–H groups in total. The number of anilines is 3. The van der Waals surface area contributed by atoms with E-state index < -0.39 is 0 Å². The Morgan fingerprint density at radius 1 is 0.431 bits per heavy atom. The van der Waals surface area contributed by atoms with Crippen LogP contribution < -0.4 is 4.90 Å². The van der Waals surface area contributed by atoms with Gasteiger partial charge in [-0.2, -0.15) is 0 Å². The Bertz CT molecular complexity index is 3020. The minimum atomic E-state index is -0.139. The Hall–Kier alpha value is -6.92. The lowest BCUT2D eigenvalue weighted by Gasteiger charge is -2.28. The zero-order valence-corrected chi connectivity index (χ0v) is 33.7. The van der Waals surface area contributed by atoms with E-state index in [9.17, 15) is 0 Å². The van der Waals surface area contributed by atoms with Crippen LogP contribution in [0.1, 0.15) is 52.7 Å². The first-order valence-electron chi connectivity index (χ1n) is 20.0. The molecule has 10 rings (SSSR count). The molecule has 58 heavy (non-hydrogen) atoms. The highest BCUT2D eigenvalue weighted by molar-refractivity contribution is 6.16. The summed E-state index contributed by atoms with van der Waals surface area (Å²) >= 11 is 0. The van der Waals surface area contributed by atoms with Crippen molar-refractivity contribution in [1.82, 2.24) is 24.9 Å². The van der Waals surface area contributed by atoms with Crippen LogP contribution in [0, 0.1) is 0 Å². The SMILES string of the molecule is CC(C)(C)c1cc2c3[nH]c4c(cc(C(C)(C)C)cc4c3c1)-c1nc(-c3ccccc3)nc(n1)-c1cccc(n1)N(c1ccccc1-c1ccccc1)c1cccc-2c1. The van der Waals surface area contributed by atoms with Gasteiger partial charge in [-0.3, -0.25) is 4.90 Å². The Balaban J connectivity index is 1.37. The first-order chi connectivity index (χ1) is 28.0. The van der Waals surface area contributed by atoms with Gasteiger partial charge in [-0.1, -0.05) is 139 Å². The van der Waals surface area contributed by atoms with Gasteiger partial charge in [0.1, 0.15) is 11.5 Å². The number of para-hydroxylation sites is 1.